The van der Waals surface area contributed by atoms with E-state index in [1.54, 1.807) is 13.4 Å². The molecule has 152 valence electrons. The van der Waals surface area contributed by atoms with E-state index in [0.717, 1.165) is 64.8 Å². The fourth-order valence-corrected chi connectivity index (χ4v) is 4.04. The first-order valence-electron chi connectivity index (χ1n) is 10.2. The second-order valence-corrected chi connectivity index (χ2v) is 7.85. The first-order valence-corrected chi connectivity index (χ1v) is 10.2. The third-order valence-electron chi connectivity index (χ3n) is 5.56. The number of fused-ring (bicyclic) bond motifs is 3. The van der Waals surface area contributed by atoms with E-state index in [4.69, 9.17) is 22.4 Å². The number of hydrogen-bond donors (Lipinski definition) is 1. The summed E-state index contributed by atoms with van der Waals surface area (Å²) in [5, 5.41) is 1.02. The van der Waals surface area contributed by atoms with Crippen molar-refractivity contribution in [1.82, 2.24) is 19.5 Å². The van der Waals surface area contributed by atoms with Crippen molar-refractivity contribution >= 4 is 35.9 Å². The standard InChI is InChI=1S/C22H24BN5O2/c1-27-13-24-19-20(27)16-11-17(25-21(16)26-22(19)28(2)23)15-7-5-6-14(10-15)12-30-18-8-3-4-9-29-18/h5-7,10-11,13,18H,3-4,8-9,12H2,1-2H3,(H,25,26). The molecule has 1 aromatic carbocycles. The summed E-state index contributed by atoms with van der Waals surface area (Å²) in [7, 11) is 9.74. The van der Waals surface area contributed by atoms with Gasteiger partial charge in [0.2, 0.25) is 7.98 Å². The Hall–Kier alpha value is -2.84. The highest BCUT2D eigenvalue weighted by Gasteiger charge is 2.17. The summed E-state index contributed by atoms with van der Waals surface area (Å²) >= 11 is 0. The number of aromatic amines is 1. The van der Waals surface area contributed by atoms with E-state index >= 15 is 0 Å². The summed E-state index contributed by atoms with van der Waals surface area (Å²) in [5.41, 5.74) is 5.76. The monoisotopic (exact) mass is 401 g/mol. The zero-order valence-corrected chi connectivity index (χ0v) is 17.3. The van der Waals surface area contributed by atoms with Crippen molar-refractivity contribution in [3.05, 3.63) is 42.2 Å². The van der Waals surface area contributed by atoms with Gasteiger partial charge in [-0.25, -0.2) is 9.97 Å². The van der Waals surface area contributed by atoms with E-state index < -0.39 is 0 Å². The fourth-order valence-electron chi connectivity index (χ4n) is 4.04. The molecule has 1 saturated heterocycles. The molecule has 5 rings (SSSR count). The van der Waals surface area contributed by atoms with E-state index in [9.17, 15) is 0 Å². The van der Waals surface area contributed by atoms with Gasteiger partial charge in [-0.2, -0.15) is 0 Å². The molecule has 0 aliphatic carbocycles. The van der Waals surface area contributed by atoms with E-state index in [2.05, 4.69) is 34.2 Å². The van der Waals surface area contributed by atoms with Gasteiger partial charge in [-0.1, -0.05) is 18.2 Å². The minimum atomic E-state index is -0.0931. The number of imidazole rings is 1. The van der Waals surface area contributed by atoms with Gasteiger partial charge in [0.1, 0.15) is 17.0 Å². The molecule has 0 saturated carbocycles. The number of aryl methyl sites for hydroxylation is 1. The molecule has 8 heteroatoms. The molecule has 4 aromatic rings. The maximum Gasteiger partial charge on any atom is 0.228 e. The lowest BCUT2D eigenvalue weighted by atomic mass is 10.1. The predicted octanol–water partition coefficient (Wildman–Crippen LogP) is 3.68. The highest BCUT2D eigenvalue weighted by atomic mass is 16.7. The molecule has 7 nitrogen and oxygen atoms in total. The van der Waals surface area contributed by atoms with E-state index in [0.29, 0.717) is 12.4 Å². The van der Waals surface area contributed by atoms with Gasteiger partial charge in [0, 0.05) is 24.7 Å². The second-order valence-electron chi connectivity index (χ2n) is 7.85. The van der Waals surface area contributed by atoms with E-state index in [1.807, 2.05) is 17.7 Å². The molecule has 2 radical (unpaired) electrons. The third-order valence-corrected chi connectivity index (χ3v) is 5.56. The Bertz CT molecular complexity index is 1190. The Morgan fingerprint density at radius 1 is 1.33 bits per heavy atom. The van der Waals surface area contributed by atoms with Crippen LogP contribution in [0.25, 0.3) is 33.3 Å². The van der Waals surface area contributed by atoms with Crippen LogP contribution < -0.4 is 4.81 Å². The summed E-state index contributed by atoms with van der Waals surface area (Å²) in [4.78, 5) is 14.2. The van der Waals surface area contributed by atoms with Crippen LogP contribution in [0.15, 0.2) is 36.7 Å². The molecule has 1 aliphatic heterocycles. The molecule has 1 fully saturated rings. The average Bonchev–Trinajstić information content (AvgIpc) is 3.36. The summed E-state index contributed by atoms with van der Waals surface area (Å²) in [6.07, 6.45) is 4.94. The number of hydrogen-bond acceptors (Lipinski definition) is 5. The van der Waals surface area contributed by atoms with Crippen molar-refractivity contribution in [2.45, 2.75) is 32.2 Å². The second kappa shape index (κ2) is 7.77. The Balaban J connectivity index is 1.49. The maximum absolute atomic E-state index is 6.00. The molecular weight excluding hydrogens is 377 g/mol. The van der Waals surface area contributed by atoms with Crippen LogP contribution in [-0.4, -0.2) is 47.4 Å². The molecule has 0 amide bonds. The average molecular weight is 401 g/mol. The first kappa shape index (κ1) is 19.1. The summed E-state index contributed by atoms with van der Waals surface area (Å²) in [6, 6.07) is 10.5. The molecule has 1 aliphatic rings. The van der Waals surface area contributed by atoms with E-state index in [1.165, 1.54) is 4.81 Å². The maximum atomic E-state index is 6.00. The van der Waals surface area contributed by atoms with Crippen LogP contribution in [0.4, 0.5) is 5.82 Å². The Labute approximate surface area is 176 Å². The van der Waals surface area contributed by atoms with Gasteiger partial charge >= 0.3 is 0 Å². The fraction of sp³-hybridized carbons (Fsp3) is 0.364. The van der Waals surface area contributed by atoms with Gasteiger partial charge in [-0.05, 0) is 49.6 Å². The lowest BCUT2D eigenvalue weighted by Crippen LogP contribution is -2.21. The molecule has 1 N–H and O–H groups in total. The molecule has 30 heavy (non-hydrogen) atoms. The number of nitrogens with zero attached hydrogens (tertiary/aromatic N) is 4. The van der Waals surface area contributed by atoms with Crippen molar-refractivity contribution in [3.8, 4) is 11.3 Å². The van der Waals surface area contributed by atoms with Crippen LogP contribution in [0, 0.1) is 0 Å². The number of rotatable bonds is 5. The van der Waals surface area contributed by atoms with Crippen LogP contribution in [-0.2, 0) is 23.1 Å². The van der Waals surface area contributed by atoms with Gasteiger partial charge in [0.05, 0.1) is 18.5 Å². The predicted molar refractivity (Wildman–Crippen MR) is 118 cm³/mol. The Kier molecular flexibility index (Phi) is 4.96. The van der Waals surface area contributed by atoms with Crippen molar-refractivity contribution in [2.24, 2.45) is 7.05 Å². The van der Waals surface area contributed by atoms with Gasteiger partial charge in [-0.3, -0.25) is 0 Å². The number of H-pyrrole nitrogens is 1. The SMILES string of the molecule is [B]N(C)c1nc2[nH]c(-c3cccc(COC4CCCCO4)c3)cc2c2c1ncn2C. The summed E-state index contributed by atoms with van der Waals surface area (Å²) in [5.74, 6) is 0.640. The zero-order chi connectivity index (χ0) is 20.7. The number of aromatic nitrogens is 4. The number of nitrogens with one attached hydrogen (secondary N) is 1. The molecule has 0 spiro atoms. The van der Waals surface area contributed by atoms with Crippen molar-refractivity contribution in [2.75, 3.05) is 18.5 Å². The molecule has 0 bridgehead atoms. The molecule has 1 unspecified atom stereocenters. The number of anilines is 1. The van der Waals surface area contributed by atoms with Gasteiger partial charge in [-0.15, -0.1) is 0 Å². The van der Waals surface area contributed by atoms with Gasteiger partial charge in [0.25, 0.3) is 0 Å². The minimum Gasteiger partial charge on any atom is -0.411 e. The van der Waals surface area contributed by atoms with Crippen molar-refractivity contribution in [1.29, 1.82) is 0 Å². The lowest BCUT2D eigenvalue weighted by molar-refractivity contribution is -0.168. The highest BCUT2D eigenvalue weighted by Crippen LogP contribution is 2.32. The van der Waals surface area contributed by atoms with Gasteiger partial charge < -0.3 is 23.8 Å². The molecule has 1 atom stereocenters. The van der Waals surface area contributed by atoms with Crippen LogP contribution in [0.1, 0.15) is 24.8 Å². The topological polar surface area (TPSA) is 68.2 Å². The lowest BCUT2D eigenvalue weighted by Gasteiger charge is -2.22. The summed E-state index contributed by atoms with van der Waals surface area (Å²) < 4.78 is 13.6. The number of ether oxygens (including phenoxy) is 2. The zero-order valence-electron chi connectivity index (χ0n) is 17.3. The smallest absolute Gasteiger partial charge is 0.228 e. The van der Waals surface area contributed by atoms with Crippen molar-refractivity contribution in [3.63, 3.8) is 0 Å². The van der Waals surface area contributed by atoms with E-state index in [-0.39, 0.29) is 6.29 Å². The molecule has 4 heterocycles. The highest BCUT2D eigenvalue weighted by molar-refractivity contribution is 6.20. The van der Waals surface area contributed by atoms with Crippen molar-refractivity contribution < 1.29 is 9.47 Å². The van der Waals surface area contributed by atoms with Crippen LogP contribution in [0.5, 0.6) is 0 Å². The van der Waals surface area contributed by atoms with Crippen LogP contribution in [0.3, 0.4) is 0 Å². The first-order chi connectivity index (χ1) is 14.6. The quantitative estimate of drug-likeness (QED) is 0.517. The Morgan fingerprint density at radius 3 is 3.03 bits per heavy atom. The third kappa shape index (κ3) is 3.46. The van der Waals surface area contributed by atoms with Gasteiger partial charge in [0.15, 0.2) is 6.29 Å². The van der Waals surface area contributed by atoms with Crippen LogP contribution >= 0.6 is 0 Å². The minimum absolute atomic E-state index is 0.0931. The number of pyridine rings is 1. The Morgan fingerprint density at radius 2 is 2.23 bits per heavy atom. The molecule has 3 aromatic heterocycles. The largest absolute Gasteiger partial charge is 0.411 e. The molecular formula is C22H24BN5O2. The van der Waals surface area contributed by atoms with Crippen LogP contribution in [0.2, 0.25) is 0 Å². The number of benzene rings is 1. The summed E-state index contributed by atoms with van der Waals surface area (Å²) in [6.45, 7) is 1.32. The normalized spacial score (nSPS) is 17.1.